The van der Waals surface area contributed by atoms with Crippen molar-refractivity contribution in [2.24, 2.45) is 7.05 Å². The molecule has 0 spiro atoms. The Hall–Kier alpha value is -3.19. The van der Waals surface area contributed by atoms with E-state index in [4.69, 9.17) is 9.97 Å². The average molecular weight is 457 g/mol. The van der Waals surface area contributed by atoms with Crippen LogP contribution in [0.3, 0.4) is 0 Å². The number of hydrogen-bond donors (Lipinski definition) is 2. The topological polar surface area (TPSA) is 79.1 Å². The van der Waals surface area contributed by atoms with Crippen molar-refractivity contribution < 1.29 is 5.11 Å². The minimum absolute atomic E-state index is 0.213. The Morgan fingerprint density at radius 1 is 1.06 bits per heavy atom. The third-order valence-electron chi connectivity index (χ3n) is 7.49. The van der Waals surface area contributed by atoms with E-state index in [0.717, 1.165) is 59.0 Å². The summed E-state index contributed by atoms with van der Waals surface area (Å²) in [5.74, 6) is 1.26. The quantitative estimate of drug-likeness (QED) is 0.467. The highest BCUT2D eigenvalue weighted by Gasteiger charge is 2.27. The van der Waals surface area contributed by atoms with Crippen molar-refractivity contribution >= 4 is 27.5 Å². The number of piperazine rings is 1. The molecule has 176 valence electrons. The lowest BCUT2D eigenvalue weighted by atomic mass is 9.81. The number of anilines is 1. The predicted molar refractivity (Wildman–Crippen MR) is 137 cm³/mol. The number of nitrogens with one attached hydrogen (secondary N) is 1. The SMILES string of the molecule is Cc1c(O)c(-c2nc(C3CCC3)c3cc(N4C[C@@H](C)N[C@@H](C)C4)ccc3n2)cc2cn(C)nc12. The van der Waals surface area contributed by atoms with Crippen molar-refractivity contribution in [2.45, 2.75) is 58.0 Å². The van der Waals surface area contributed by atoms with E-state index < -0.39 is 0 Å². The fourth-order valence-corrected chi connectivity index (χ4v) is 5.60. The van der Waals surface area contributed by atoms with Crippen LogP contribution in [0.15, 0.2) is 30.5 Å². The molecule has 0 amide bonds. The molecule has 34 heavy (non-hydrogen) atoms. The number of hydrogen-bond acceptors (Lipinski definition) is 6. The van der Waals surface area contributed by atoms with Gasteiger partial charge in [-0.25, -0.2) is 9.97 Å². The van der Waals surface area contributed by atoms with Crippen molar-refractivity contribution in [3.05, 3.63) is 41.7 Å². The molecule has 1 saturated heterocycles. The molecular weight excluding hydrogens is 424 g/mol. The van der Waals surface area contributed by atoms with Gasteiger partial charge in [-0.15, -0.1) is 0 Å². The van der Waals surface area contributed by atoms with Crippen molar-refractivity contribution in [2.75, 3.05) is 18.0 Å². The first-order valence-corrected chi connectivity index (χ1v) is 12.4. The van der Waals surface area contributed by atoms with Gasteiger partial charge in [-0.2, -0.15) is 5.10 Å². The molecule has 1 aliphatic heterocycles. The number of benzene rings is 2. The highest BCUT2D eigenvalue weighted by Crippen LogP contribution is 2.42. The Morgan fingerprint density at radius 3 is 2.53 bits per heavy atom. The van der Waals surface area contributed by atoms with Crippen molar-refractivity contribution in [3.8, 4) is 17.1 Å². The molecule has 7 heteroatoms. The zero-order valence-electron chi connectivity index (χ0n) is 20.3. The highest BCUT2D eigenvalue weighted by atomic mass is 16.3. The molecule has 3 heterocycles. The van der Waals surface area contributed by atoms with Gasteiger partial charge in [0.25, 0.3) is 0 Å². The van der Waals surface area contributed by atoms with Crippen molar-refractivity contribution in [1.82, 2.24) is 25.1 Å². The largest absolute Gasteiger partial charge is 0.507 e. The minimum Gasteiger partial charge on any atom is -0.507 e. The predicted octanol–water partition coefficient (Wildman–Crippen LogP) is 4.65. The summed E-state index contributed by atoms with van der Waals surface area (Å²) in [6.07, 6.45) is 5.53. The molecule has 2 aliphatic rings. The minimum atomic E-state index is 0.213. The second-order valence-corrected chi connectivity index (χ2v) is 10.3. The monoisotopic (exact) mass is 456 g/mol. The van der Waals surface area contributed by atoms with Crippen LogP contribution in [0.5, 0.6) is 5.75 Å². The summed E-state index contributed by atoms with van der Waals surface area (Å²) in [4.78, 5) is 12.5. The number of phenols is 1. The zero-order valence-corrected chi connectivity index (χ0v) is 20.3. The maximum Gasteiger partial charge on any atom is 0.163 e. The standard InChI is InChI=1S/C27H32N6O/c1-15-12-33(13-16(2)28-15)20-8-9-23-21(11-20)25(18-6-5-7-18)30-27(29-23)22-10-19-14-32(4)31-24(19)17(3)26(22)34/h8-11,14-16,18,28,34H,5-7,12-13H2,1-4H3/t15-,16+. The van der Waals surface area contributed by atoms with Gasteiger partial charge in [-0.05, 0) is 57.9 Å². The van der Waals surface area contributed by atoms with Crippen LogP contribution < -0.4 is 10.2 Å². The number of aromatic hydroxyl groups is 1. The van der Waals surface area contributed by atoms with Crippen LogP contribution in [0.25, 0.3) is 33.2 Å². The first-order valence-electron chi connectivity index (χ1n) is 12.4. The van der Waals surface area contributed by atoms with Crippen LogP contribution in [-0.4, -0.2) is 50.0 Å². The second kappa shape index (κ2) is 7.94. The van der Waals surface area contributed by atoms with Gasteiger partial charge < -0.3 is 15.3 Å². The molecule has 0 unspecified atom stereocenters. The first kappa shape index (κ1) is 21.4. The second-order valence-electron chi connectivity index (χ2n) is 10.3. The average Bonchev–Trinajstić information content (AvgIpc) is 3.14. The number of aromatic nitrogens is 4. The smallest absolute Gasteiger partial charge is 0.163 e. The first-order chi connectivity index (χ1) is 16.4. The molecule has 1 aliphatic carbocycles. The fourth-order valence-electron chi connectivity index (χ4n) is 5.60. The summed E-state index contributed by atoms with van der Waals surface area (Å²) in [5.41, 5.74) is 5.55. The van der Waals surface area contributed by atoms with Crippen LogP contribution in [-0.2, 0) is 7.05 Å². The molecule has 7 nitrogen and oxygen atoms in total. The van der Waals surface area contributed by atoms with Crippen LogP contribution in [0.4, 0.5) is 5.69 Å². The molecule has 1 saturated carbocycles. The summed E-state index contributed by atoms with van der Waals surface area (Å²) < 4.78 is 1.78. The van der Waals surface area contributed by atoms with Gasteiger partial charge in [0.05, 0.1) is 22.3 Å². The molecule has 0 radical (unpaired) electrons. The van der Waals surface area contributed by atoms with E-state index >= 15 is 0 Å². The molecule has 2 aromatic heterocycles. The van der Waals surface area contributed by atoms with E-state index in [0.29, 0.717) is 29.4 Å². The van der Waals surface area contributed by atoms with E-state index in [2.05, 4.69) is 47.4 Å². The summed E-state index contributed by atoms with van der Waals surface area (Å²) in [6.45, 7) is 8.38. The van der Waals surface area contributed by atoms with Crippen molar-refractivity contribution in [1.29, 1.82) is 0 Å². The number of nitrogens with zero attached hydrogens (tertiary/aromatic N) is 5. The third-order valence-corrected chi connectivity index (χ3v) is 7.49. The van der Waals surface area contributed by atoms with Gasteiger partial charge >= 0.3 is 0 Å². The van der Waals surface area contributed by atoms with Gasteiger partial charge in [-0.1, -0.05) is 6.42 Å². The van der Waals surface area contributed by atoms with Gasteiger partial charge in [-0.3, -0.25) is 4.68 Å². The lowest BCUT2D eigenvalue weighted by Gasteiger charge is -2.38. The molecule has 4 aromatic rings. The van der Waals surface area contributed by atoms with Crippen LogP contribution in [0.2, 0.25) is 0 Å². The van der Waals surface area contributed by atoms with Gasteiger partial charge in [0.2, 0.25) is 0 Å². The molecular formula is C27H32N6O. The zero-order chi connectivity index (χ0) is 23.6. The molecule has 2 atom stereocenters. The van der Waals surface area contributed by atoms with E-state index in [1.807, 2.05) is 26.2 Å². The van der Waals surface area contributed by atoms with E-state index in [9.17, 15) is 5.11 Å². The molecule has 2 N–H and O–H groups in total. The summed E-state index contributed by atoms with van der Waals surface area (Å²) >= 11 is 0. The van der Waals surface area contributed by atoms with Crippen LogP contribution in [0.1, 0.15) is 50.3 Å². The Balaban J connectivity index is 1.50. The Kier molecular flexibility index (Phi) is 4.99. The highest BCUT2D eigenvalue weighted by molar-refractivity contribution is 5.92. The van der Waals surface area contributed by atoms with Gasteiger partial charge in [0.15, 0.2) is 5.82 Å². The lowest BCUT2D eigenvalue weighted by Crippen LogP contribution is -2.54. The number of rotatable bonds is 3. The molecule has 2 fully saturated rings. The Morgan fingerprint density at radius 2 is 1.82 bits per heavy atom. The maximum absolute atomic E-state index is 11.1. The Labute approximate surface area is 199 Å². The summed E-state index contributed by atoms with van der Waals surface area (Å²) in [6, 6.07) is 9.48. The number of phenolic OH excluding ortho intramolecular Hbond substituents is 1. The number of fused-ring (bicyclic) bond motifs is 2. The summed E-state index contributed by atoms with van der Waals surface area (Å²) in [7, 11) is 1.90. The van der Waals surface area contributed by atoms with E-state index in [1.54, 1.807) is 4.68 Å². The third kappa shape index (κ3) is 3.50. The van der Waals surface area contributed by atoms with Crippen molar-refractivity contribution in [3.63, 3.8) is 0 Å². The van der Waals surface area contributed by atoms with Crippen LogP contribution in [0, 0.1) is 6.92 Å². The number of aryl methyl sites for hydroxylation is 2. The van der Waals surface area contributed by atoms with E-state index in [-0.39, 0.29) is 5.75 Å². The van der Waals surface area contributed by atoms with Gasteiger partial charge in [0, 0.05) is 66.4 Å². The van der Waals surface area contributed by atoms with E-state index in [1.165, 1.54) is 12.1 Å². The van der Waals surface area contributed by atoms with Gasteiger partial charge in [0.1, 0.15) is 5.75 Å². The van der Waals surface area contributed by atoms with Crippen LogP contribution >= 0.6 is 0 Å². The summed E-state index contributed by atoms with van der Waals surface area (Å²) in [5, 5.41) is 21.3. The fraction of sp³-hybridized carbons (Fsp3) is 0.444. The Bertz CT molecular complexity index is 1400. The normalized spacial score (nSPS) is 21.4. The molecule has 2 aromatic carbocycles. The maximum atomic E-state index is 11.1. The molecule has 0 bridgehead atoms. The lowest BCUT2D eigenvalue weighted by molar-refractivity contribution is 0.407. The molecule has 6 rings (SSSR count).